The van der Waals surface area contributed by atoms with Gasteiger partial charge in [0.05, 0.1) is 17.0 Å². The van der Waals surface area contributed by atoms with Crippen LogP contribution in [0.5, 0.6) is 5.88 Å². The van der Waals surface area contributed by atoms with E-state index in [0.717, 1.165) is 12.8 Å². The summed E-state index contributed by atoms with van der Waals surface area (Å²) >= 11 is 1.30. The molecule has 3 aliphatic heterocycles. The molecular weight excluding hydrogens is 486 g/mol. The molecule has 0 spiro atoms. The Kier molecular flexibility index (Phi) is 4.78. The molecule has 0 amide bonds. The Hall–Kier alpha value is -3.31. The molecule has 0 aliphatic carbocycles. The molecule has 3 aromatic heterocycles. The molecule has 3 aliphatic rings. The zero-order valence-corrected chi connectivity index (χ0v) is 20.3. The van der Waals surface area contributed by atoms with E-state index in [0.29, 0.717) is 34.3 Å². The quantitative estimate of drug-likeness (QED) is 0.313. The molecule has 2 bridgehead atoms. The van der Waals surface area contributed by atoms with Gasteiger partial charge in [0.2, 0.25) is 5.88 Å². The number of hydrogen-bond acceptors (Lipinski definition) is 8. The van der Waals surface area contributed by atoms with E-state index in [-0.39, 0.29) is 46.2 Å². The van der Waals surface area contributed by atoms with Crippen molar-refractivity contribution >= 4 is 39.3 Å². The topological polar surface area (TPSA) is 96.0 Å². The number of thioether (sulfide) groups is 1. The predicted molar refractivity (Wildman–Crippen MR) is 134 cm³/mol. The molecule has 2 fully saturated rings. The Labute approximate surface area is 208 Å². The van der Waals surface area contributed by atoms with Crippen LogP contribution in [0.1, 0.15) is 19.8 Å². The van der Waals surface area contributed by atoms with Gasteiger partial charge in [-0.05, 0) is 43.5 Å². The van der Waals surface area contributed by atoms with Gasteiger partial charge in [-0.25, -0.2) is 23.7 Å². The van der Waals surface area contributed by atoms with E-state index in [1.807, 2.05) is 13.2 Å². The van der Waals surface area contributed by atoms with Crippen molar-refractivity contribution in [3.63, 3.8) is 0 Å². The van der Waals surface area contributed by atoms with E-state index < -0.39 is 17.2 Å². The van der Waals surface area contributed by atoms with Crippen LogP contribution in [0.3, 0.4) is 0 Å². The largest absolute Gasteiger partial charge is 0.472 e. The zero-order chi connectivity index (χ0) is 24.7. The fraction of sp³-hybridized carbons (Fsp3) is 0.360. The van der Waals surface area contributed by atoms with Crippen LogP contribution in [0.15, 0.2) is 34.3 Å². The number of aromatic nitrogens is 4. The minimum atomic E-state index is -0.810. The molecule has 36 heavy (non-hydrogen) atoms. The number of nitrogens with zero attached hydrogens (tertiary/aromatic N) is 4. The minimum absolute atomic E-state index is 0.00634. The number of pyridine rings is 2. The standard InChI is InChI=1S/C25H22F2N6O2S/c1-10-21-14-6-4-12(29-14)9-33(21)22-17-20(31-25(32-22)36-2)18(27)19(30-24(17)35-10)16-13(26)5-3-11-7-8-28-23(34)15(11)16/h3,5,7-8,10,12,14,21,29H,4,6,9H2,1-2H3,(H,28,34)/t10-,12+,14-,21+/m0/s1. The second-order valence-electron chi connectivity index (χ2n) is 9.54. The Morgan fingerprint density at radius 2 is 2.00 bits per heavy atom. The SMILES string of the molecule is CSc1nc2c3c(nc(-c4c(F)ccc5cc[nH]c(=O)c45)c(F)c3n1)O[C@@H](C)[C@@H]1[C@@H]3CC[C@H](CN21)N3. The maximum absolute atomic E-state index is 16.3. The Balaban J connectivity index is 1.56. The normalized spacial score (nSPS) is 24.6. The van der Waals surface area contributed by atoms with Crippen molar-refractivity contribution in [2.24, 2.45) is 0 Å². The van der Waals surface area contributed by atoms with Crippen molar-refractivity contribution in [2.75, 3.05) is 17.7 Å². The third-order valence-corrected chi connectivity index (χ3v) is 8.09. The average Bonchev–Trinajstić information content (AvgIpc) is 3.20. The molecule has 184 valence electrons. The zero-order valence-electron chi connectivity index (χ0n) is 19.5. The molecule has 4 atom stereocenters. The van der Waals surface area contributed by atoms with Gasteiger partial charge in [-0.3, -0.25) is 4.79 Å². The second-order valence-corrected chi connectivity index (χ2v) is 10.3. The Morgan fingerprint density at radius 3 is 2.83 bits per heavy atom. The third kappa shape index (κ3) is 3.02. The molecule has 11 heteroatoms. The highest BCUT2D eigenvalue weighted by Crippen LogP contribution is 2.44. The molecule has 0 unspecified atom stereocenters. The van der Waals surface area contributed by atoms with Gasteiger partial charge in [0.1, 0.15) is 34.3 Å². The first-order chi connectivity index (χ1) is 17.4. The van der Waals surface area contributed by atoms with Crippen molar-refractivity contribution in [1.29, 1.82) is 0 Å². The second kappa shape index (κ2) is 7.84. The van der Waals surface area contributed by atoms with Crippen LogP contribution in [-0.4, -0.2) is 57.0 Å². The van der Waals surface area contributed by atoms with E-state index in [4.69, 9.17) is 9.72 Å². The number of rotatable bonds is 2. The van der Waals surface area contributed by atoms with Gasteiger partial charge in [0, 0.05) is 24.8 Å². The molecule has 2 saturated heterocycles. The lowest BCUT2D eigenvalue weighted by Gasteiger charge is -2.42. The first-order valence-corrected chi connectivity index (χ1v) is 13.1. The van der Waals surface area contributed by atoms with Crippen LogP contribution in [-0.2, 0) is 0 Å². The van der Waals surface area contributed by atoms with Crippen LogP contribution in [0, 0.1) is 11.6 Å². The smallest absolute Gasteiger partial charge is 0.256 e. The van der Waals surface area contributed by atoms with E-state index in [1.54, 1.807) is 6.07 Å². The van der Waals surface area contributed by atoms with E-state index in [1.165, 1.54) is 30.1 Å². The summed E-state index contributed by atoms with van der Waals surface area (Å²) in [5.41, 5.74) is -1.04. The highest BCUT2D eigenvalue weighted by molar-refractivity contribution is 7.98. The molecule has 8 nitrogen and oxygen atoms in total. The maximum atomic E-state index is 16.3. The van der Waals surface area contributed by atoms with Gasteiger partial charge < -0.3 is 19.9 Å². The Bertz CT molecular complexity index is 1630. The summed E-state index contributed by atoms with van der Waals surface area (Å²) in [7, 11) is 0. The summed E-state index contributed by atoms with van der Waals surface area (Å²) in [6.45, 7) is 2.68. The third-order valence-electron chi connectivity index (χ3n) is 7.54. The van der Waals surface area contributed by atoms with Crippen molar-refractivity contribution in [2.45, 2.75) is 49.2 Å². The average molecular weight is 509 g/mol. The lowest BCUT2D eigenvalue weighted by Crippen LogP contribution is -2.62. The fourth-order valence-corrected chi connectivity index (χ4v) is 6.40. The van der Waals surface area contributed by atoms with Gasteiger partial charge in [-0.15, -0.1) is 0 Å². The number of nitrogens with one attached hydrogen (secondary N) is 2. The van der Waals surface area contributed by atoms with Crippen molar-refractivity contribution in [3.8, 4) is 17.1 Å². The highest BCUT2D eigenvalue weighted by atomic mass is 32.2. The number of fused-ring (bicyclic) bond motifs is 6. The summed E-state index contributed by atoms with van der Waals surface area (Å²) < 4.78 is 38.0. The van der Waals surface area contributed by atoms with Crippen LogP contribution >= 0.6 is 11.8 Å². The highest BCUT2D eigenvalue weighted by Gasteiger charge is 2.47. The number of aromatic amines is 1. The molecule has 0 radical (unpaired) electrons. The molecular formula is C25H22F2N6O2S. The van der Waals surface area contributed by atoms with Crippen LogP contribution in [0.25, 0.3) is 32.9 Å². The number of halogens is 2. The Morgan fingerprint density at radius 1 is 1.14 bits per heavy atom. The molecule has 4 aromatic rings. The number of piperazine rings is 1. The molecule has 0 saturated carbocycles. The van der Waals surface area contributed by atoms with E-state index >= 15 is 8.78 Å². The summed E-state index contributed by atoms with van der Waals surface area (Å²) in [6, 6.07) is 4.82. The van der Waals surface area contributed by atoms with E-state index in [9.17, 15) is 4.79 Å². The number of benzene rings is 1. The van der Waals surface area contributed by atoms with Gasteiger partial charge in [-0.2, -0.15) is 0 Å². The van der Waals surface area contributed by atoms with Gasteiger partial charge in [0.25, 0.3) is 5.56 Å². The lowest BCUT2D eigenvalue weighted by atomic mass is 9.99. The summed E-state index contributed by atoms with van der Waals surface area (Å²) in [6.07, 6.45) is 5.06. The fourth-order valence-electron chi connectivity index (χ4n) is 6.03. The van der Waals surface area contributed by atoms with Crippen LogP contribution in [0.2, 0.25) is 0 Å². The van der Waals surface area contributed by atoms with E-state index in [2.05, 4.69) is 25.2 Å². The number of anilines is 1. The van der Waals surface area contributed by atoms with Crippen molar-refractivity contribution in [1.82, 2.24) is 25.3 Å². The van der Waals surface area contributed by atoms with Crippen molar-refractivity contribution in [3.05, 3.63) is 46.4 Å². The summed E-state index contributed by atoms with van der Waals surface area (Å²) in [5.74, 6) is -0.834. The molecule has 6 heterocycles. The number of H-pyrrole nitrogens is 1. The number of ether oxygens (including phenoxy) is 1. The van der Waals surface area contributed by atoms with Gasteiger partial charge >= 0.3 is 0 Å². The molecule has 2 N–H and O–H groups in total. The molecule has 7 rings (SSSR count). The monoisotopic (exact) mass is 508 g/mol. The predicted octanol–water partition coefficient (Wildman–Crippen LogP) is 3.62. The molecule has 1 aromatic carbocycles. The van der Waals surface area contributed by atoms with Crippen LogP contribution in [0.4, 0.5) is 14.6 Å². The number of hydrogen-bond donors (Lipinski definition) is 2. The first kappa shape index (κ1) is 21.9. The first-order valence-electron chi connectivity index (χ1n) is 11.9. The minimum Gasteiger partial charge on any atom is -0.472 e. The summed E-state index contributed by atoms with van der Waals surface area (Å²) in [4.78, 5) is 31.3. The lowest BCUT2D eigenvalue weighted by molar-refractivity contribution is 0.155. The van der Waals surface area contributed by atoms with Crippen LogP contribution < -0.4 is 20.5 Å². The van der Waals surface area contributed by atoms with Gasteiger partial charge in [0.15, 0.2) is 11.0 Å². The van der Waals surface area contributed by atoms with Crippen molar-refractivity contribution < 1.29 is 13.5 Å². The van der Waals surface area contributed by atoms with Gasteiger partial charge in [-0.1, -0.05) is 17.8 Å². The summed E-state index contributed by atoms with van der Waals surface area (Å²) in [5, 5.41) is 4.94. The maximum Gasteiger partial charge on any atom is 0.256 e.